The Kier molecular flexibility index (Phi) is 4.57. The quantitative estimate of drug-likeness (QED) is 0.859. The van der Waals surface area contributed by atoms with E-state index in [4.69, 9.17) is 4.42 Å². The summed E-state index contributed by atoms with van der Waals surface area (Å²) in [7, 11) is 0. The average Bonchev–Trinajstić information content (AvgIpc) is 3.27. The molecular weight excluding hydrogens is 292 g/mol. The molecule has 118 valence electrons. The first-order valence-corrected chi connectivity index (χ1v) is 7.58. The number of nitrogens with zero attached hydrogens (tertiary/aromatic N) is 1. The first kappa shape index (κ1) is 15.1. The third-order valence-corrected chi connectivity index (χ3v) is 3.77. The summed E-state index contributed by atoms with van der Waals surface area (Å²) in [6.07, 6.45) is 5.78. The lowest BCUT2D eigenvalue weighted by atomic mass is 10.1. The number of benzene rings is 1. The Morgan fingerprint density at radius 2 is 2.00 bits per heavy atom. The monoisotopic (exact) mass is 310 g/mol. The number of rotatable bonds is 5. The van der Waals surface area contributed by atoms with Crippen molar-refractivity contribution >= 4 is 11.8 Å². The molecule has 0 aliphatic carbocycles. The minimum Gasteiger partial charge on any atom is -0.459 e. The first-order valence-electron chi connectivity index (χ1n) is 7.58. The van der Waals surface area contributed by atoms with E-state index < -0.39 is 6.04 Å². The van der Waals surface area contributed by atoms with Gasteiger partial charge in [0, 0.05) is 13.1 Å². The predicted molar refractivity (Wildman–Crippen MR) is 85.8 cm³/mol. The van der Waals surface area contributed by atoms with Crippen molar-refractivity contribution in [3.05, 3.63) is 72.2 Å². The predicted octanol–water partition coefficient (Wildman–Crippen LogP) is 2.02. The third kappa shape index (κ3) is 3.51. The molecule has 23 heavy (non-hydrogen) atoms. The Morgan fingerprint density at radius 3 is 2.74 bits per heavy atom. The minimum atomic E-state index is -0.580. The number of amides is 2. The van der Waals surface area contributed by atoms with Gasteiger partial charge in [-0.1, -0.05) is 42.5 Å². The molecule has 0 radical (unpaired) electrons. The van der Waals surface area contributed by atoms with Gasteiger partial charge in [0.05, 0.1) is 6.26 Å². The molecule has 3 rings (SSSR count). The minimum absolute atomic E-state index is 0.172. The highest BCUT2D eigenvalue weighted by Gasteiger charge is 2.31. The van der Waals surface area contributed by atoms with Crippen molar-refractivity contribution in [2.24, 2.45) is 0 Å². The molecule has 0 bridgehead atoms. The normalized spacial score (nSPS) is 16.5. The summed E-state index contributed by atoms with van der Waals surface area (Å²) in [6, 6.07) is 12.6. The van der Waals surface area contributed by atoms with Crippen LogP contribution in [0, 0.1) is 0 Å². The van der Waals surface area contributed by atoms with Crippen molar-refractivity contribution in [3.8, 4) is 0 Å². The van der Waals surface area contributed by atoms with Crippen LogP contribution in [-0.4, -0.2) is 35.8 Å². The highest BCUT2D eigenvalue weighted by Crippen LogP contribution is 2.15. The second-order valence-corrected chi connectivity index (χ2v) is 5.33. The van der Waals surface area contributed by atoms with Crippen molar-refractivity contribution in [3.63, 3.8) is 0 Å². The van der Waals surface area contributed by atoms with Crippen molar-refractivity contribution in [2.45, 2.75) is 12.5 Å². The number of hydrogen-bond acceptors (Lipinski definition) is 3. The summed E-state index contributed by atoms with van der Waals surface area (Å²) in [4.78, 5) is 26.2. The fraction of sp³-hybridized carbons (Fsp3) is 0.222. The lowest BCUT2D eigenvalue weighted by molar-refractivity contribution is -0.123. The molecule has 0 fully saturated rings. The fourth-order valence-corrected chi connectivity index (χ4v) is 2.58. The maximum atomic E-state index is 12.3. The van der Waals surface area contributed by atoms with Gasteiger partial charge >= 0.3 is 0 Å². The van der Waals surface area contributed by atoms with E-state index in [1.54, 1.807) is 18.2 Å². The van der Waals surface area contributed by atoms with Crippen LogP contribution in [0.25, 0.3) is 0 Å². The zero-order valence-corrected chi connectivity index (χ0v) is 12.6. The first-order chi connectivity index (χ1) is 11.3. The molecule has 1 aliphatic rings. The van der Waals surface area contributed by atoms with Crippen LogP contribution in [0.3, 0.4) is 0 Å². The van der Waals surface area contributed by atoms with Crippen LogP contribution >= 0.6 is 0 Å². The van der Waals surface area contributed by atoms with Gasteiger partial charge in [-0.05, 0) is 24.1 Å². The molecule has 0 spiro atoms. The molecule has 5 heteroatoms. The number of carbonyl (C=O) groups is 2. The molecule has 5 nitrogen and oxygen atoms in total. The van der Waals surface area contributed by atoms with E-state index in [0.29, 0.717) is 13.1 Å². The molecule has 1 N–H and O–H groups in total. The molecule has 1 atom stereocenters. The average molecular weight is 310 g/mol. The Hall–Kier alpha value is -2.82. The lowest BCUT2D eigenvalue weighted by Gasteiger charge is -2.22. The zero-order chi connectivity index (χ0) is 16.1. The Balaban J connectivity index is 1.56. The largest absolute Gasteiger partial charge is 0.459 e. The molecule has 0 saturated heterocycles. The molecule has 1 aromatic carbocycles. The Bertz CT molecular complexity index is 692. The van der Waals surface area contributed by atoms with Crippen LogP contribution in [0.4, 0.5) is 0 Å². The summed E-state index contributed by atoms with van der Waals surface area (Å²) < 4.78 is 5.12. The highest BCUT2D eigenvalue weighted by atomic mass is 16.3. The van der Waals surface area contributed by atoms with Crippen LogP contribution in [-0.2, 0) is 11.2 Å². The molecule has 0 saturated carbocycles. The highest BCUT2D eigenvalue weighted by molar-refractivity contribution is 5.97. The molecule has 2 aromatic rings. The second-order valence-electron chi connectivity index (χ2n) is 5.33. The number of carbonyl (C=O) groups excluding carboxylic acids is 2. The standard InChI is InChI=1S/C18H18N2O3/c21-17(19-11-10-14-6-2-1-3-7-14)15-8-4-12-20(15)18(22)16-9-5-13-23-16/h1-9,13,15H,10-12H2,(H,19,21)/t15-/m1/s1. The maximum absolute atomic E-state index is 12.3. The smallest absolute Gasteiger partial charge is 0.290 e. The van der Waals surface area contributed by atoms with Crippen molar-refractivity contribution in [1.29, 1.82) is 0 Å². The van der Waals surface area contributed by atoms with Crippen LogP contribution in [0.5, 0.6) is 0 Å². The summed E-state index contributed by atoms with van der Waals surface area (Å²) in [5.41, 5.74) is 1.17. The van der Waals surface area contributed by atoms with E-state index in [2.05, 4.69) is 5.32 Å². The van der Waals surface area contributed by atoms with Gasteiger partial charge in [0.25, 0.3) is 5.91 Å². The summed E-state index contributed by atoms with van der Waals surface area (Å²) in [5, 5.41) is 2.89. The van der Waals surface area contributed by atoms with Gasteiger partial charge in [0.1, 0.15) is 6.04 Å². The van der Waals surface area contributed by atoms with E-state index in [9.17, 15) is 9.59 Å². The molecule has 2 heterocycles. The van der Waals surface area contributed by atoms with E-state index in [-0.39, 0.29) is 17.6 Å². The molecule has 0 unspecified atom stereocenters. The van der Waals surface area contributed by atoms with Crippen LogP contribution in [0.1, 0.15) is 16.1 Å². The number of hydrogen-bond donors (Lipinski definition) is 1. The van der Waals surface area contributed by atoms with E-state index >= 15 is 0 Å². The summed E-state index contributed by atoms with van der Waals surface area (Å²) in [5.74, 6) is -0.200. The lowest BCUT2D eigenvalue weighted by Crippen LogP contribution is -2.46. The van der Waals surface area contributed by atoms with Gasteiger partial charge in [-0.2, -0.15) is 0 Å². The van der Waals surface area contributed by atoms with Crippen molar-refractivity contribution in [2.75, 3.05) is 13.1 Å². The Morgan fingerprint density at radius 1 is 1.17 bits per heavy atom. The summed E-state index contributed by atoms with van der Waals surface area (Å²) in [6.45, 7) is 0.951. The van der Waals surface area contributed by atoms with Gasteiger partial charge in [-0.15, -0.1) is 0 Å². The van der Waals surface area contributed by atoms with Gasteiger partial charge in [-0.25, -0.2) is 0 Å². The van der Waals surface area contributed by atoms with Crippen LogP contribution in [0.15, 0.2) is 65.3 Å². The van der Waals surface area contributed by atoms with Crippen LogP contribution < -0.4 is 5.32 Å². The molecular formula is C18H18N2O3. The summed E-state index contributed by atoms with van der Waals surface area (Å²) >= 11 is 0. The zero-order valence-electron chi connectivity index (χ0n) is 12.6. The van der Waals surface area contributed by atoms with Crippen molar-refractivity contribution < 1.29 is 14.0 Å². The van der Waals surface area contributed by atoms with Gasteiger partial charge in [-0.3, -0.25) is 9.59 Å². The van der Waals surface area contributed by atoms with E-state index in [1.165, 1.54) is 16.7 Å². The fourth-order valence-electron chi connectivity index (χ4n) is 2.58. The second kappa shape index (κ2) is 6.96. The third-order valence-electron chi connectivity index (χ3n) is 3.77. The van der Waals surface area contributed by atoms with Crippen molar-refractivity contribution in [1.82, 2.24) is 10.2 Å². The van der Waals surface area contributed by atoms with Gasteiger partial charge in [0.2, 0.25) is 5.91 Å². The van der Waals surface area contributed by atoms with Gasteiger partial charge in [0.15, 0.2) is 5.76 Å². The topological polar surface area (TPSA) is 62.6 Å². The van der Waals surface area contributed by atoms with E-state index in [1.807, 2.05) is 36.4 Å². The number of furan rings is 1. The molecule has 1 aromatic heterocycles. The van der Waals surface area contributed by atoms with Crippen LogP contribution in [0.2, 0.25) is 0 Å². The van der Waals surface area contributed by atoms with Gasteiger partial charge < -0.3 is 14.6 Å². The number of nitrogens with one attached hydrogen (secondary N) is 1. The Labute approximate surface area is 134 Å². The molecule has 1 aliphatic heterocycles. The van der Waals surface area contributed by atoms with E-state index in [0.717, 1.165) is 6.42 Å². The molecule has 2 amide bonds. The maximum Gasteiger partial charge on any atom is 0.290 e. The SMILES string of the molecule is O=C(NCCc1ccccc1)[C@H]1C=CCN1C(=O)c1ccco1.